The molecule has 0 aliphatic carbocycles. The Morgan fingerprint density at radius 3 is 2.36 bits per heavy atom. The minimum atomic E-state index is -0.0681. The van der Waals surface area contributed by atoms with Gasteiger partial charge in [-0.2, -0.15) is 0 Å². The number of benzene rings is 3. The van der Waals surface area contributed by atoms with E-state index < -0.39 is 0 Å². The van der Waals surface area contributed by atoms with Crippen molar-refractivity contribution in [3.8, 4) is 5.69 Å². The lowest BCUT2D eigenvalue weighted by Crippen LogP contribution is -2.29. The second-order valence-electron chi connectivity index (χ2n) is 9.49. The SMILES string of the molecule is Cc1ccc(N2C(=S)N[C@H](c3ccccn3)[C@H]2c2cc(C)n(-c3cccc4ccccc34)c2C)cc1. The van der Waals surface area contributed by atoms with Crippen molar-refractivity contribution in [2.24, 2.45) is 0 Å². The van der Waals surface area contributed by atoms with Crippen molar-refractivity contribution in [3.05, 3.63) is 125 Å². The summed E-state index contributed by atoms with van der Waals surface area (Å²) in [7, 11) is 0. The fourth-order valence-electron chi connectivity index (χ4n) is 5.52. The van der Waals surface area contributed by atoms with Crippen LogP contribution in [0.1, 0.15) is 40.3 Å². The lowest BCUT2D eigenvalue weighted by atomic mass is 9.96. The van der Waals surface area contributed by atoms with Crippen LogP contribution in [0.4, 0.5) is 5.69 Å². The van der Waals surface area contributed by atoms with Gasteiger partial charge in [0.2, 0.25) is 0 Å². The Labute approximate surface area is 217 Å². The highest BCUT2D eigenvalue weighted by molar-refractivity contribution is 7.80. The maximum Gasteiger partial charge on any atom is 0.174 e. The molecule has 0 unspecified atom stereocenters. The fraction of sp³-hybridized carbons (Fsp3) is 0.161. The Bertz CT molecular complexity index is 1560. The summed E-state index contributed by atoms with van der Waals surface area (Å²) in [6, 6.07) is 32.0. The van der Waals surface area contributed by atoms with Crippen LogP contribution < -0.4 is 10.2 Å². The van der Waals surface area contributed by atoms with Crippen LogP contribution in [0.25, 0.3) is 16.5 Å². The molecule has 3 heterocycles. The standard InChI is InChI=1S/C31H28N4S/c1-20-14-16-24(17-15-20)35-30(29(33-31(35)36)27-12-6-7-18-32-27)26-19-21(2)34(22(26)3)28-13-8-10-23-9-4-5-11-25(23)28/h4-19,29-30H,1-3H3,(H,33,36)/t29-,30-/m1/s1. The minimum Gasteiger partial charge on any atom is -0.351 e. The van der Waals surface area contributed by atoms with Gasteiger partial charge in [-0.15, -0.1) is 0 Å². The third-order valence-electron chi connectivity index (χ3n) is 7.21. The summed E-state index contributed by atoms with van der Waals surface area (Å²) >= 11 is 5.93. The molecule has 5 heteroatoms. The van der Waals surface area contributed by atoms with E-state index in [0.29, 0.717) is 0 Å². The number of anilines is 1. The number of aryl methyl sites for hydroxylation is 2. The molecule has 4 nitrogen and oxygen atoms in total. The van der Waals surface area contributed by atoms with Crippen LogP contribution in [0, 0.1) is 20.8 Å². The largest absolute Gasteiger partial charge is 0.351 e. The third-order valence-corrected chi connectivity index (χ3v) is 7.52. The van der Waals surface area contributed by atoms with E-state index in [-0.39, 0.29) is 12.1 Å². The molecule has 0 saturated carbocycles. The first-order valence-electron chi connectivity index (χ1n) is 12.3. The molecule has 6 rings (SSSR count). The first-order valence-corrected chi connectivity index (χ1v) is 12.7. The van der Waals surface area contributed by atoms with Crippen molar-refractivity contribution in [1.29, 1.82) is 0 Å². The highest BCUT2D eigenvalue weighted by atomic mass is 32.1. The number of aromatic nitrogens is 2. The fourth-order valence-corrected chi connectivity index (χ4v) is 5.86. The third kappa shape index (κ3) is 3.67. The van der Waals surface area contributed by atoms with Crippen molar-refractivity contribution in [2.75, 3.05) is 4.90 Å². The maximum absolute atomic E-state index is 5.93. The predicted octanol–water partition coefficient (Wildman–Crippen LogP) is 7.13. The molecule has 5 aromatic rings. The zero-order valence-corrected chi connectivity index (χ0v) is 21.5. The van der Waals surface area contributed by atoms with Crippen molar-refractivity contribution in [1.82, 2.24) is 14.9 Å². The lowest BCUT2D eigenvalue weighted by molar-refractivity contribution is 0.565. The first-order chi connectivity index (χ1) is 17.5. The minimum absolute atomic E-state index is 0.0370. The van der Waals surface area contributed by atoms with Gasteiger partial charge in [-0.25, -0.2) is 0 Å². The summed E-state index contributed by atoms with van der Waals surface area (Å²) in [4.78, 5) is 6.97. The molecule has 3 aromatic carbocycles. The molecule has 1 aliphatic heterocycles. The smallest absolute Gasteiger partial charge is 0.174 e. The van der Waals surface area contributed by atoms with Crippen LogP contribution in [-0.4, -0.2) is 14.7 Å². The van der Waals surface area contributed by atoms with Gasteiger partial charge in [0.25, 0.3) is 0 Å². The Morgan fingerprint density at radius 1 is 0.833 bits per heavy atom. The van der Waals surface area contributed by atoms with Gasteiger partial charge in [0.15, 0.2) is 5.11 Å². The summed E-state index contributed by atoms with van der Waals surface area (Å²) in [6.07, 6.45) is 1.85. The van der Waals surface area contributed by atoms with Gasteiger partial charge in [0.05, 0.1) is 23.5 Å². The Kier molecular flexibility index (Phi) is 5.57. The topological polar surface area (TPSA) is 33.1 Å². The van der Waals surface area contributed by atoms with Crippen LogP contribution in [-0.2, 0) is 0 Å². The molecule has 1 fully saturated rings. The molecule has 36 heavy (non-hydrogen) atoms. The second kappa shape index (κ2) is 8.92. The predicted molar refractivity (Wildman–Crippen MR) is 152 cm³/mol. The number of thiocarbonyl (C=S) groups is 1. The van der Waals surface area contributed by atoms with Crippen molar-refractivity contribution >= 4 is 33.8 Å². The van der Waals surface area contributed by atoms with Gasteiger partial charge in [-0.05, 0) is 80.3 Å². The van der Waals surface area contributed by atoms with Crippen molar-refractivity contribution < 1.29 is 0 Å². The van der Waals surface area contributed by atoms with Gasteiger partial charge in [0.1, 0.15) is 0 Å². The average Bonchev–Trinajstić information content (AvgIpc) is 3.39. The summed E-state index contributed by atoms with van der Waals surface area (Å²) in [6.45, 7) is 6.51. The maximum atomic E-state index is 5.93. The van der Waals surface area contributed by atoms with Gasteiger partial charge in [-0.1, -0.05) is 60.2 Å². The van der Waals surface area contributed by atoms with E-state index >= 15 is 0 Å². The molecule has 1 N–H and O–H groups in total. The van der Waals surface area contributed by atoms with Crippen LogP contribution in [0.2, 0.25) is 0 Å². The van der Waals surface area contributed by atoms with Crippen LogP contribution in [0.15, 0.2) is 97.2 Å². The lowest BCUT2D eigenvalue weighted by Gasteiger charge is -2.28. The van der Waals surface area contributed by atoms with E-state index in [1.807, 2.05) is 18.3 Å². The number of nitrogens with one attached hydrogen (secondary N) is 1. The van der Waals surface area contributed by atoms with E-state index in [2.05, 4.69) is 114 Å². The van der Waals surface area contributed by atoms with Crippen LogP contribution in [0.3, 0.4) is 0 Å². The summed E-state index contributed by atoms with van der Waals surface area (Å²) in [5, 5.41) is 6.79. The van der Waals surface area contributed by atoms with Gasteiger partial charge >= 0.3 is 0 Å². The van der Waals surface area contributed by atoms with Crippen molar-refractivity contribution in [3.63, 3.8) is 0 Å². The van der Waals surface area contributed by atoms with Crippen molar-refractivity contribution in [2.45, 2.75) is 32.9 Å². The molecule has 0 spiro atoms. The molecule has 2 aromatic heterocycles. The highest BCUT2D eigenvalue weighted by Crippen LogP contribution is 2.44. The zero-order valence-electron chi connectivity index (χ0n) is 20.6. The molecule has 0 radical (unpaired) electrons. The Balaban J connectivity index is 1.55. The molecule has 0 bridgehead atoms. The highest BCUT2D eigenvalue weighted by Gasteiger charge is 2.42. The summed E-state index contributed by atoms with van der Waals surface area (Å²) < 4.78 is 2.38. The summed E-state index contributed by atoms with van der Waals surface area (Å²) in [5.41, 5.74) is 8.12. The summed E-state index contributed by atoms with van der Waals surface area (Å²) in [5.74, 6) is 0. The number of fused-ring (bicyclic) bond motifs is 1. The number of nitrogens with zero attached hydrogens (tertiary/aromatic N) is 3. The zero-order chi connectivity index (χ0) is 24.8. The van der Waals surface area contributed by atoms with Gasteiger partial charge < -0.3 is 14.8 Å². The molecule has 178 valence electrons. The normalized spacial score (nSPS) is 17.5. The van der Waals surface area contributed by atoms with E-state index in [1.165, 1.54) is 39.0 Å². The molecular formula is C31H28N4S. The van der Waals surface area contributed by atoms with E-state index in [9.17, 15) is 0 Å². The van der Waals surface area contributed by atoms with E-state index in [0.717, 1.165) is 16.5 Å². The number of hydrogen-bond acceptors (Lipinski definition) is 2. The van der Waals surface area contributed by atoms with Crippen LogP contribution in [0.5, 0.6) is 0 Å². The molecule has 1 aliphatic rings. The van der Waals surface area contributed by atoms with E-state index in [1.54, 1.807) is 0 Å². The molecule has 1 saturated heterocycles. The second-order valence-corrected chi connectivity index (χ2v) is 9.88. The van der Waals surface area contributed by atoms with E-state index in [4.69, 9.17) is 17.2 Å². The molecular weight excluding hydrogens is 460 g/mol. The quantitative estimate of drug-likeness (QED) is 0.273. The first kappa shape index (κ1) is 22.5. The Hall–Kier alpha value is -3.96. The average molecular weight is 489 g/mol. The Morgan fingerprint density at radius 2 is 1.58 bits per heavy atom. The number of hydrogen-bond donors (Lipinski definition) is 1. The molecule has 2 atom stereocenters. The number of rotatable bonds is 4. The van der Waals surface area contributed by atoms with Gasteiger partial charge in [0, 0.05) is 28.7 Å². The molecule has 0 amide bonds. The van der Waals surface area contributed by atoms with Gasteiger partial charge in [-0.3, -0.25) is 4.98 Å². The number of pyridine rings is 1. The van der Waals surface area contributed by atoms with Crippen LogP contribution >= 0.6 is 12.2 Å². The monoisotopic (exact) mass is 488 g/mol.